The molecule has 0 fully saturated rings. The van der Waals surface area contributed by atoms with Crippen molar-refractivity contribution in [2.24, 2.45) is 5.73 Å². The lowest BCUT2D eigenvalue weighted by Crippen LogP contribution is -2.40. The molecule has 0 spiro atoms. The Morgan fingerprint density at radius 3 is 3.00 bits per heavy atom. The Kier molecular flexibility index (Phi) is 3.22. The van der Waals surface area contributed by atoms with Crippen LogP contribution in [-0.4, -0.2) is 19.0 Å². The minimum atomic E-state index is 0.170. The van der Waals surface area contributed by atoms with Gasteiger partial charge in [0.05, 0.1) is 6.17 Å². The van der Waals surface area contributed by atoms with Crippen molar-refractivity contribution in [3.63, 3.8) is 0 Å². The van der Waals surface area contributed by atoms with Crippen molar-refractivity contribution >= 4 is 17.4 Å². The molecule has 2 nitrogen and oxygen atoms in total. The highest BCUT2D eigenvalue weighted by Gasteiger charge is 2.22. The Morgan fingerprint density at radius 1 is 1.53 bits per heavy atom. The minimum Gasteiger partial charge on any atom is -0.356 e. The number of hydrogen-bond acceptors (Lipinski definition) is 3. The molecule has 0 bridgehead atoms. The Bertz CT molecular complexity index is 351. The molecule has 1 heterocycles. The van der Waals surface area contributed by atoms with Crippen LogP contribution < -0.4 is 10.6 Å². The summed E-state index contributed by atoms with van der Waals surface area (Å²) in [4.78, 5) is 3.65. The number of rotatable bonds is 3. The predicted molar refractivity (Wildman–Crippen MR) is 67.5 cm³/mol. The molecule has 82 valence electrons. The molecule has 0 amide bonds. The predicted octanol–water partition coefficient (Wildman–Crippen LogP) is 2.47. The maximum absolute atomic E-state index is 6.10. The summed E-state index contributed by atoms with van der Waals surface area (Å²) in [5.41, 5.74) is 8.89. The van der Waals surface area contributed by atoms with E-state index in [1.54, 1.807) is 11.8 Å². The van der Waals surface area contributed by atoms with E-state index >= 15 is 0 Å². The minimum absolute atomic E-state index is 0.170. The van der Waals surface area contributed by atoms with Crippen molar-refractivity contribution in [3.05, 3.63) is 23.8 Å². The summed E-state index contributed by atoms with van der Waals surface area (Å²) < 4.78 is 0. The third-order valence-corrected chi connectivity index (χ3v) is 3.77. The fourth-order valence-electron chi connectivity index (χ4n) is 2.08. The van der Waals surface area contributed by atoms with Gasteiger partial charge < -0.3 is 10.6 Å². The first-order chi connectivity index (χ1) is 7.26. The molecule has 0 aliphatic carbocycles. The summed E-state index contributed by atoms with van der Waals surface area (Å²) in [6, 6.07) is 6.70. The number of nitrogens with two attached hydrogens (primary N) is 1. The third-order valence-electron chi connectivity index (χ3n) is 3.04. The summed E-state index contributed by atoms with van der Waals surface area (Å²) in [6.07, 6.45) is 4.42. The van der Waals surface area contributed by atoms with Crippen molar-refractivity contribution in [1.82, 2.24) is 0 Å². The van der Waals surface area contributed by atoms with Crippen LogP contribution in [0, 0.1) is 0 Å². The Balaban J connectivity index is 2.31. The number of benzene rings is 1. The molecule has 0 saturated heterocycles. The van der Waals surface area contributed by atoms with Crippen LogP contribution in [0.2, 0.25) is 0 Å². The SMILES string of the molecule is CCC(N)N1CCc2ccc(SC)cc21. The maximum atomic E-state index is 6.10. The van der Waals surface area contributed by atoms with Gasteiger partial charge in [0.2, 0.25) is 0 Å². The molecule has 1 unspecified atom stereocenters. The van der Waals surface area contributed by atoms with Crippen molar-refractivity contribution < 1.29 is 0 Å². The topological polar surface area (TPSA) is 29.3 Å². The quantitative estimate of drug-likeness (QED) is 0.797. The van der Waals surface area contributed by atoms with Gasteiger partial charge in [-0.15, -0.1) is 11.8 Å². The van der Waals surface area contributed by atoms with Crippen LogP contribution in [0.15, 0.2) is 23.1 Å². The van der Waals surface area contributed by atoms with Gasteiger partial charge in [-0.1, -0.05) is 13.0 Å². The summed E-state index contributed by atoms with van der Waals surface area (Å²) in [5.74, 6) is 0. The molecular weight excluding hydrogens is 204 g/mol. The van der Waals surface area contributed by atoms with Gasteiger partial charge in [0, 0.05) is 17.1 Å². The zero-order chi connectivity index (χ0) is 10.8. The highest BCUT2D eigenvalue weighted by molar-refractivity contribution is 7.98. The molecule has 0 radical (unpaired) electrons. The van der Waals surface area contributed by atoms with Gasteiger partial charge in [0.1, 0.15) is 0 Å². The van der Waals surface area contributed by atoms with E-state index < -0.39 is 0 Å². The van der Waals surface area contributed by atoms with E-state index in [0.717, 1.165) is 19.4 Å². The van der Waals surface area contributed by atoms with Crippen LogP contribution in [0.4, 0.5) is 5.69 Å². The molecule has 1 aliphatic heterocycles. The number of fused-ring (bicyclic) bond motifs is 1. The van der Waals surface area contributed by atoms with Gasteiger partial charge in [-0.05, 0) is 36.8 Å². The first kappa shape index (κ1) is 10.8. The van der Waals surface area contributed by atoms with E-state index in [4.69, 9.17) is 5.73 Å². The largest absolute Gasteiger partial charge is 0.356 e. The van der Waals surface area contributed by atoms with Gasteiger partial charge in [-0.3, -0.25) is 0 Å². The van der Waals surface area contributed by atoms with Gasteiger partial charge >= 0.3 is 0 Å². The Morgan fingerprint density at radius 2 is 2.33 bits per heavy atom. The van der Waals surface area contributed by atoms with Gasteiger partial charge in [0.25, 0.3) is 0 Å². The molecular formula is C12H18N2S. The van der Waals surface area contributed by atoms with Crippen LogP contribution >= 0.6 is 11.8 Å². The van der Waals surface area contributed by atoms with E-state index in [9.17, 15) is 0 Å². The number of thioether (sulfide) groups is 1. The molecule has 0 saturated carbocycles. The van der Waals surface area contributed by atoms with Crippen molar-refractivity contribution in [1.29, 1.82) is 0 Å². The molecule has 15 heavy (non-hydrogen) atoms. The lowest BCUT2D eigenvalue weighted by Gasteiger charge is -2.26. The van der Waals surface area contributed by atoms with Gasteiger partial charge in [0.15, 0.2) is 0 Å². The molecule has 1 aromatic carbocycles. The second kappa shape index (κ2) is 4.45. The van der Waals surface area contributed by atoms with Crippen molar-refractivity contribution in [2.75, 3.05) is 17.7 Å². The average Bonchev–Trinajstić information content (AvgIpc) is 2.70. The van der Waals surface area contributed by atoms with Crippen molar-refractivity contribution in [3.8, 4) is 0 Å². The van der Waals surface area contributed by atoms with Crippen LogP contribution in [-0.2, 0) is 6.42 Å². The number of anilines is 1. The van der Waals surface area contributed by atoms with Crippen LogP contribution in [0.1, 0.15) is 18.9 Å². The van der Waals surface area contributed by atoms with E-state index in [-0.39, 0.29) is 6.17 Å². The smallest absolute Gasteiger partial charge is 0.0768 e. The third kappa shape index (κ3) is 1.99. The van der Waals surface area contributed by atoms with Crippen LogP contribution in [0.3, 0.4) is 0 Å². The molecule has 2 rings (SSSR count). The fraction of sp³-hybridized carbons (Fsp3) is 0.500. The van der Waals surface area contributed by atoms with Gasteiger partial charge in [-0.2, -0.15) is 0 Å². The second-order valence-electron chi connectivity index (χ2n) is 3.91. The zero-order valence-electron chi connectivity index (χ0n) is 9.36. The summed E-state index contributed by atoms with van der Waals surface area (Å²) in [6.45, 7) is 3.21. The molecule has 1 atom stereocenters. The molecule has 2 N–H and O–H groups in total. The van der Waals surface area contributed by atoms with E-state index in [1.807, 2.05) is 0 Å². The van der Waals surface area contributed by atoms with E-state index in [2.05, 4.69) is 36.3 Å². The van der Waals surface area contributed by atoms with Crippen LogP contribution in [0.5, 0.6) is 0 Å². The normalized spacial score (nSPS) is 16.6. The number of nitrogens with zero attached hydrogens (tertiary/aromatic N) is 1. The first-order valence-electron chi connectivity index (χ1n) is 5.45. The average molecular weight is 222 g/mol. The maximum Gasteiger partial charge on any atom is 0.0768 e. The highest BCUT2D eigenvalue weighted by atomic mass is 32.2. The monoisotopic (exact) mass is 222 g/mol. The summed E-state index contributed by atoms with van der Waals surface area (Å²) in [5, 5.41) is 0. The number of hydrogen-bond donors (Lipinski definition) is 1. The van der Waals surface area contributed by atoms with Crippen LogP contribution in [0.25, 0.3) is 0 Å². The standard InChI is InChI=1S/C12H18N2S/c1-3-12(13)14-7-6-9-4-5-10(15-2)8-11(9)14/h4-5,8,12H,3,6-7,13H2,1-2H3. The highest BCUT2D eigenvalue weighted by Crippen LogP contribution is 2.32. The Hall–Kier alpha value is -0.670. The first-order valence-corrected chi connectivity index (χ1v) is 6.68. The van der Waals surface area contributed by atoms with E-state index in [1.165, 1.54) is 16.1 Å². The molecule has 1 aromatic rings. The second-order valence-corrected chi connectivity index (χ2v) is 4.79. The molecule has 1 aliphatic rings. The van der Waals surface area contributed by atoms with Gasteiger partial charge in [-0.25, -0.2) is 0 Å². The lowest BCUT2D eigenvalue weighted by atomic mass is 10.2. The molecule has 0 aromatic heterocycles. The molecule has 3 heteroatoms. The Labute approximate surface area is 95.8 Å². The van der Waals surface area contributed by atoms with E-state index in [0.29, 0.717) is 0 Å². The summed E-state index contributed by atoms with van der Waals surface area (Å²) in [7, 11) is 0. The fourth-order valence-corrected chi connectivity index (χ4v) is 2.51. The zero-order valence-corrected chi connectivity index (χ0v) is 10.2. The summed E-state index contributed by atoms with van der Waals surface area (Å²) >= 11 is 1.79. The lowest BCUT2D eigenvalue weighted by molar-refractivity contribution is 0.610. The van der Waals surface area contributed by atoms with Crippen molar-refractivity contribution in [2.45, 2.75) is 30.8 Å².